The van der Waals surface area contributed by atoms with Crippen LogP contribution in [0.3, 0.4) is 0 Å². The highest BCUT2D eigenvalue weighted by molar-refractivity contribution is 5.98. The van der Waals surface area contributed by atoms with Crippen LogP contribution in [0.5, 0.6) is 5.75 Å². The fourth-order valence-electron chi connectivity index (χ4n) is 1.92. The average molecular weight is 291 g/mol. The van der Waals surface area contributed by atoms with E-state index in [1.807, 2.05) is 6.07 Å². The summed E-state index contributed by atoms with van der Waals surface area (Å²) in [5.41, 5.74) is -0.954. The highest BCUT2D eigenvalue weighted by atomic mass is 16.6. The van der Waals surface area contributed by atoms with E-state index in [0.717, 1.165) is 0 Å². The van der Waals surface area contributed by atoms with Crippen molar-refractivity contribution in [2.45, 2.75) is 26.7 Å². The lowest BCUT2D eigenvalue weighted by Gasteiger charge is -2.22. The van der Waals surface area contributed by atoms with Crippen molar-refractivity contribution >= 4 is 17.3 Å². The van der Waals surface area contributed by atoms with E-state index in [-0.39, 0.29) is 11.4 Å². The summed E-state index contributed by atoms with van der Waals surface area (Å²) in [4.78, 5) is 22.5. The van der Waals surface area contributed by atoms with E-state index >= 15 is 0 Å². The number of methoxy groups -OCH3 is 1. The first-order chi connectivity index (χ1) is 9.93. The maximum absolute atomic E-state index is 12.3. The Labute approximate surface area is 122 Å². The quantitative estimate of drug-likeness (QED) is 0.640. The van der Waals surface area contributed by atoms with Gasteiger partial charge in [-0.05, 0) is 18.9 Å². The van der Waals surface area contributed by atoms with E-state index in [0.29, 0.717) is 18.5 Å². The normalized spacial score (nSPS) is 10.6. The number of carbonyl (C=O) groups excluding carboxylic acids is 1. The standard InChI is InChI=1S/C14H17N3O4/c1-4-14(5-2,9-15)13(18)16-11-7-6-10(17(19)20)8-12(11)21-3/h6-8H,4-5H2,1-3H3,(H,16,18). The molecule has 0 aromatic heterocycles. The Hall–Kier alpha value is -2.62. The summed E-state index contributed by atoms with van der Waals surface area (Å²) in [6.07, 6.45) is 0.752. The Bertz CT molecular complexity index is 588. The molecule has 1 rings (SSSR count). The van der Waals surface area contributed by atoms with E-state index in [1.165, 1.54) is 25.3 Å². The fourth-order valence-corrected chi connectivity index (χ4v) is 1.92. The van der Waals surface area contributed by atoms with Crippen molar-refractivity contribution < 1.29 is 14.5 Å². The highest BCUT2D eigenvalue weighted by Gasteiger charge is 2.35. The molecular formula is C14H17N3O4. The van der Waals surface area contributed by atoms with Gasteiger partial charge in [0.05, 0.1) is 29.9 Å². The number of hydrogen-bond donors (Lipinski definition) is 1. The Morgan fingerprint density at radius 1 is 1.48 bits per heavy atom. The van der Waals surface area contributed by atoms with Crippen LogP contribution in [0.15, 0.2) is 18.2 Å². The predicted octanol–water partition coefficient (Wildman–Crippen LogP) is 2.87. The maximum Gasteiger partial charge on any atom is 0.273 e. The monoisotopic (exact) mass is 291 g/mol. The predicted molar refractivity (Wildman–Crippen MR) is 76.9 cm³/mol. The lowest BCUT2D eigenvalue weighted by molar-refractivity contribution is -0.384. The zero-order chi connectivity index (χ0) is 16.0. The summed E-state index contributed by atoms with van der Waals surface area (Å²) in [5, 5.41) is 22.6. The summed E-state index contributed by atoms with van der Waals surface area (Å²) in [5.74, 6) is -0.265. The molecule has 0 heterocycles. The smallest absolute Gasteiger partial charge is 0.273 e. The van der Waals surface area contributed by atoms with Crippen LogP contribution < -0.4 is 10.1 Å². The van der Waals surface area contributed by atoms with Gasteiger partial charge in [0, 0.05) is 6.07 Å². The number of nitrogens with zero attached hydrogens (tertiary/aromatic N) is 2. The Balaban J connectivity index is 3.11. The number of anilines is 1. The van der Waals surface area contributed by atoms with Crippen molar-refractivity contribution in [1.82, 2.24) is 0 Å². The average Bonchev–Trinajstić information content (AvgIpc) is 2.49. The second-order valence-corrected chi connectivity index (χ2v) is 4.50. The second-order valence-electron chi connectivity index (χ2n) is 4.50. The molecule has 0 atom stereocenters. The van der Waals surface area contributed by atoms with Crippen LogP contribution in [0.1, 0.15) is 26.7 Å². The highest BCUT2D eigenvalue weighted by Crippen LogP contribution is 2.32. The molecule has 0 spiro atoms. The molecule has 1 aromatic carbocycles. The number of amides is 1. The molecule has 0 saturated carbocycles. The molecule has 0 bridgehead atoms. The van der Waals surface area contributed by atoms with Crippen molar-refractivity contribution in [2.24, 2.45) is 5.41 Å². The van der Waals surface area contributed by atoms with Gasteiger partial charge in [-0.15, -0.1) is 0 Å². The molecule has 1 aromatic rings. The molecule has 0 unspecified atom stereocenters. The number of benzene rings is 1. The van der Waals surface area contributed by atoms with E-state index in [4.69, 9.17) is 4.74 Å². The molecular weight excluding hydrogens is 274 g/mol. The number of nitrogens with one attached hydrogen (secondary N) is 1. The van der Waals surface area contributed by atoms with Crippen molar-refractivity contribution in [2.75, 3.05) is 12.4 Å². The van der Waals surface area contributed by atoms with Crippen LogP contribution >= 0.6 is 0 Å². The number of ether oxygens (including phenoxy) is 1. The summed E-state index contributed by atoms with van der Waals surface area (Å²) in [6, 6.07) is 5.92. The van der Waals surface area contributed by atoms with Gasteiger partial charge in [0.2, 0.25) is 5.91 Å². The first kappa shape index (κ1) is 16.4. The topological polar surface area (TPSA) is 105 Å². The number of rotatable bonds is 6. The molecule has 112 valence electrons. The number of non-ortho nitro benzene ring substituents is 1. The van der Waals surface area contributed by atoms with Gasteiger partial charge in [-0.3, -0.25) is 14.9 Å². The minimum atomic E-state index is -1.12. The SMILES string of the molecule is CCC(C#N)(CC)C(=O)Nc1ccc([N+](=O)[O-])cc1OC. The van der Waals surface area contributed by atoms with Crippen LogP contribution in [0.25, 0.3) is 0 Å². The molecule has 0 saturated heterocycles. The zero-order valence-corrected chi connectivity index (χ0v) is 12.2. The third kappa shape index (κ3) is 3.28. The largest absolute Gasteiger partial charge is 0.494 e. The Morgan fingerprint density at radius 2 is 2.10 bits per heavy atom. The maximum atomic E-state index is 12.3. The van der Waals surface area contributed by atoms with Gasteiger partial charge in [0.1, 0.15) is 11.2 Å². The van der Waals surface area contributed by atoms with Crippen molar-refractivity contribution in [1.29, 1.82) is 5.26 Å². The molecule has 0 aliphatic heterocycles. The zero-order valence-electron chi connectivity index (χ0n) is 12.2. The number of carbonyl (C=O) groups is 1. The van der Waals surface area contributed by atoms with Crippen LogP contribution in [-0.4, -0.2) is 17.9 Å². The van der Waals surface area contributed by atoms with Gasteiger partial charge in [0.25, 0.3) is 5.69 Å². The van der Waals surface area contributed by atoms with Crippen LogP contribution in [-0.2, 0) is 4.79 Å². The lowest BCUT2D eigenvalue weighted by Crippen LogP contribution is -2.34. The third-order valence-electron chi connectivity index (χ3n) is 3.50. The number of nitro benzene ring substituents is 1. The first-order valence-corrected chi connectivity index (χ1v) is 6.49. The summed E-state index contributed by atoms with van der Waals surface area (Å²) < 4.78 is 5.05. The third-order valence-corrected chi connectivity index (χ3v) is 3.50. The molecule has 1 amide bonds. The number of nitro groups is 1. The molecule has 0 radical (unpaired) electrons. The van der Waals surface area contributed by atoms with Gasteiger partial charge in [-0.2, -0.15) is 5.26 Å². The molecule has 0 aliphatic carbocycles. The molecule has 1 N–H and O–H groups in total. The summed E-state index contributed by atoms with van der Waals surface area (Å²) in [6.45, 7) is 3.53. The van der Waals surface area contributed by atoms with Gasteiger partial charge >= 0.3 is 0 Å². The Morgan fingerprint density at radius 3 is 2.52 bits per heavy atom. The van der Waals surface area contributed by atoms with E-state index in [2.05, 4.69) is 5.32 Å². The van der Waals surface area contributed by atoms with Gasteiger partial charge in [-0.25, -0.2) is 0 Å². The van der Waals surface area contributed by atoms with Crippen LogP contribution in [0.4, 0.5) is 11.4 Å². The van der Waals surface area contributed by atoms with Crippen molar-refractivity contribution in [3.8, 4) is 11.8 Å². The van der Waals surface area contributed by atoms with Crippen molar-refractivity contribution in [3.05, 3.63) is 28.3 Å². The lowest BCUT2D eigenvalue weighted by atomic mass is 9.83. The van der Waals surface area contributed by atoms with Crippen LogP contribution in [0, 0.1) is 26.9 Å². The molecule has 0 aliphatic rings. The minimum Gasteiger partial charge on any atom is -0.494 e. The van der Waals surface area contributed by atoms with E-state index in [1.54, 1.807) is 13.8 Å². The minimum absolute atomic E-state index is 0.137. The van der Waals surface area contributed by atoms with E-state index < -0.39 is 16.2 Å². The number of hydrogen-bond acceptors (Lipinski definition) is 5. The summed E-state index contributed by atoms with van der Waals surface area (Å²) >= 11 is 0. The van der Waals surface area contributed by atoms with Crippen LogP contribution in [0.2, 0.25) is 0 Å². The van der Waals surface area contributed by atoms with Gasteiger partial charge < -0.3 is 10.1 Å². The summed E-state index contributed by atoms with van der Waals surface area (Å²) in [7, 11) is 1.35. The second kappa shape index (κ2) is 6.70. The Kier molecular flexibility index (Phi) is 5.24. The molecule has 0 fully saturated rings. The fraction of sp³-hybridized carbons (Fsp3) is 0.429. The number of nitriles is 1. The molecule has 7 heteroatoms. The van der Waals surface area contributed by atoms with E-state index in [9.17, 15) is 20.2 Å². The van der Waals surface area contributed by atoms with Gasteiger partial charge in [0.15, 0.2) is 0 Å². The van der Waals surface area contributed by atoms with Crippen molar-refractivity contribution in [3.63, 3.8) is 0 Å². The molecule has 7 nitrogen and oxygen atoms in total. The molecule has 21 heavy (non-hydrogen) atoms. The van der Waals surface area contributed by atoms with Gasteiger partial charge in [-0.1, -0.05) is 13.8 Å². The first-order valence-electron chi connectivity index (χ1n) is 6.49.